The van der Waals surface area contributed by atoms with Gasteiger partial charge in [0, 0.05) is 41.7 Å². The highest BCUT2D eigenvalue weighted by molar-refractivity contribution is 6.14. The molecule has 1 fully saturated rings. The second-order valence-corrected chi connectivity index (χ2v) is 6.01. The number of rotatable bonds is 1. The molecule has 0 saturated carbocycles. The van der Waals surface area contributed by atoms with E-state index in [2.05, 4.69) is 4.98 Å². The first-order valence-corrected chi connectivity index (χ1v) is 7.67. The lowest BCUT2D eigenvalue weighted by molar-refractivity contribution is -0.136. The van der Waals surface area contributed by atoms with Gasteiger partial charge in [-0.25, -0.2) is 0 Å². The molecule has 1 atom stereocenters. The van der Waals surface area contributed by atoms with Crippen molar-refractivity contribution in [2.45, 2.75) is 19.3 Å². The molecule has 1 N–H and O–H groups in total. The molecule has 2 heterocycles. The first-order valence-electron chi connectivity index (χ1n) is 7.67. The van der Waals surface area contributed by atoms with Gasteiger partial charge < -0.3 is 14.6 Å². The number of aromatic amines is 1. The molecule has 114 valence electrons. The Morgan fingerprint density at radius 2 is 2.09 bits per heavy atom. The van der Waals surface area contributed by atoms with E-state index < -0.39 is 0 Å². The van der Waals surface area contributed by atoms with Crippen molar-refractivity contribution < 1.29 is 14.3 Å². The lowest BCUT2D eigenvalue weighted by Crippen LogP contribution is -2.44. The number of hydrogen-bond donors (Lipinski definition) is 1. The molecule has 1 aliphatic carbocycles. The van der Waals surface area contributed by atoms with Gasteiger partial charge in [0.15, 0.2) is 5.78 Å². The largest absolute Gasteiger partial charge is 0.378 e. The summed E-state index contributed by atoms with van der Waals surface area (Å²) < 4.78 is 5.31. The number of nitrogens with zero attached hydrogens (tertiary/aromatic N) is 1. The minimum absolute atomic E-state index is 0.0511. The van der Waals surface area contributed by atoms with E-state index in [1.807, 2.05) is 30.0 Å². The summed E-state index contributed by atoms with van der Waals surface area (Å²) in [7, 11) is 0. The predicted octanol–water partition coefficient (Wildman–Crippen LogP) is 2.01. The fourth-order valence-electron chi connectivity index (χ4n) is 3.68. The highest BCUT2D eigenvalue weighted by Gasteiger charge is 2.36. The van der Waals surface area contributed by atoms with Gasteiger partial charge in [-0.3, -0.25) is 9.59 Å². The van der Waals surface area contributed by atoms with Crippen LogP contribution in [0.2, 0.25) is 0 Å². The van der Waals surface area contributed by atoms with Crippen molar-refractivity contribution in [2.24, 2.45) is 0 Å². The van der Waals surface area contributed by atoms with Crippen molar-refractivity contribution in [1.82, 2.24) is 9.88 Å². The second kappa shape index (κ2) is 4.95. The van der Waals surface area contributed by atoms with Crippen LogP contribution in [-0.4, -0.2) is 47.9 Å². The van der Waals surface area contributed by atoms with Crippen LogP contribution in [0, 0.1) is 6.92 Å². The fraction of sp³-hybridized carbons (Fsp3) is 0.412. The van der Waals surface area contributed by atoms with Crippen LogP contribution in [0.1, 0.15) is 34.0 Å². The number of amides is 1. The Bertz CT molecular complexity index is 772. The highest BCUT2D eigenvalue weighted by Crippen LogP contribution is 2.39. The van der Waals surface area contributed by atoms with Crippen LogP contribution in [0.3, 0.4) is 0 Å². The molecule has 0 spiro atoms. The molecule has 1 amide bonds. The number of morpholine rings is 1. The number of H-pyrrole nitrogens is 1. The van der Waals surface area contributed by atoms with Gasteiger partial charge in [-0.1, -0.05) is 12.1 Å². The Hall–Kier alpha value is -2.14. The third-order valence-electron chi connectivity index (χ3n) is 4.72. The van der Waals surface area contributed by atoms with Crippen molar-refractivity contribution in [1.29, 1.82) is 0 Å². The maximum Gasteiger partial charge on any atom is 0.230 e. The molecule has 22 heavy (non-hydrogen) atoms. The number of ether oxygens (including phenoxy) is 1. The third-order valence-corrected chi connectivity index (χ3v) is 4.72. The molecule has 0 bridgehead atoms. The summed E-state index contributed by atoms with van der Waals surface area (Å²) >= 11 is 0. The van der Waals surface area contributed by atoms with Gasteiger partial charge in [-0.15, -0.1) is 0 Å². The van der Waals surface area contributed by atoms with E-state index in [0.717, 1.165) is 27.7 Å². The molecule has 0 radical (unpaired) electrons. The number of Topliss-reactive ketones (excluding diaryl/α,β-unsaturated/α-hetero) is 1. The normalized spacial score (nSPS) is 21.4. The van der Waals surface area contributed by atoms with Crippen molar-refractivity contribution in [3.8, 4) is 0 Å². The van der Waals surface area contributed by atoms with Crippen LogP contribution in [0.15, 0.2) is 18.2 Å². The van der Waals surface area contributed by atoms with E-state index in [1.165, 1.54) is 0 Å². The smallest absolute Gasteiger partial charge is 0.230 e. The number of aryl methyl sites for hydroxylation is 1. The Morgan fingerprint density at radius 1 is 1.32 bits per heavy atom. The minimum atomic E-state index is -0.366. The first-order chi connectivity index (χ1) is 10.7. The van der Waals surface area contributed by atoms with Gasteiger partial charge in [-0.2, -0.15) is 0 Å². The SMILES string of the molecule is Cc1[nH]c2cccc3c2c1C(C(=O)N1CCOCC1)CC3=O. The maximum absolute atomic E-state index is 12.9. The molecule has 1 unspecified atom stereocenters. The van der Waals surface area contributed by atoms with Crippen LogP contribution < -0.4 is 0 Å². The number of carbonyl (C=O) groups excluding carboxylic acids is 2. The number of hydrogen-bond acceptors (Lipinski definition) is 3. The Balaban J connectivity index is 1.82. The first kappa shape index (κ1) is 13.5. The van der Waals surface area contributed by atoms with Gasteiger partial charge in [0.2, 0.25) is 5.91 Å². The zero-order chi connectivity index (χ0) is 15.3. The van der Waals surface area contributed by atoms with Gasteiger partial charge in [0.05, 0.1) is 19.1 Å². The number of carbonyl (C=O) groups is 2. The van der Waals surface area contributed by atoms with E-state index in [-0.39, 0.29) is 24.0 Å². The zero-order valence-corrected chi connectivity index (χ0v) is 12.5. The second-order valence-electron chi connectivity index (χ2n) is 6.01. The predicted molar refractivity (Wildman–Crippen MR) is 82.1 cm³/mol. The lowest BCUT2D eigenvalue weighted by atomic mass is 9.81. The maximum atomic E-state index is 12.9. The quantitative estimate of drug-likeness (QED) is 0.876. The topological polar surface area (TPSA) is 62.4 Å². The molecular formula is C17H18N2O3. The van der Waals surface area contributed by atoms with E-state index in [1.54, 1.807) is 0 Å². The van der Waals surface area contributed by atoms with Crippen LogP contribution in [0.5, 0.6) is 0 Å². The Kier molecular flexibility index (Phi) is 3.04. The van der Waals surface area contributed by atoms with E-state index in [9.17, 15) is 9.59 Å². The molecule has 2 aromatic rings. The summed E-state index contributed by atoms with van der Waals surface area (Å²) in [5.74, 6) is -0.256. The van der Waals surface area contributed by atoms with Crippen LogP contribution in [0.4, 0.5) is 0 Å². The molecule has 1 aromatic carbocycles. The molecule has 1 aliphatic heterocycles. The number of nitrogens with one attached hydrogen (secondary N) is 1. The van der Waals surface area contributed by atoms with E-state index in [4.69, 9.17) is 4.74 Å². The van der Waals surface area contributed by atoms with Crippen molar-refractivity contribution in [2.75, 3.05) is 26.3 Å². The van der Waals surface area contributed by atoms with Crippen molar-refractivity contribution in [3.63, 3.8) is 0 Å². The number of benzene rings is 1. The van der Waals surface area contributed by atoms with Crippen LogP contribution in [0.25, 0.3) is 10.9 Å². The minimum Gasteiger partial charge on any atom is -0.378 e. The average Bonchev–Trinajstić information content (AvgIpc) is 2.88. The Morgan fingerprint density at radius 3 is 2.86 bits per heavy atom. The van der Waals surface area contributed by atoms with Gasteiger partial charge in [-0.05, 0) is 18.6 Å². The summed E-state index contributed by atoms with van der Waals surface area (Å²) in [5, 5.41) is 0.933. The lowest BCUT2D eigenvalue weighted by Gasteiger charge is -2.31. The van der Waals surface area contributed by atoms with Crippen molar-refractivity contribution in [3.05, 3.63) is 35.0 Å². The van der Waals surface area contributed by atoms with Crippen LogP contribution >= 0.6 is 0 Å². The summed E-state index contributed by atoms with van der Waals surface area (Å²) in [4.78, 5) is 30.5. The van der Waals surface area contributed by atoms with E-state index in [0.29, 0.717) is 26.3 Å². The molecule has 5 nitrogen and oxygen atoms in total. The molecule has 5 heteroatoms. The summed E-state index contributed by atoms with van der Waals surface area (Å²) in [5.41, 5.74) is 3.67. The molecular weight excluding hydrogens is 280 g/mol. The molecule has 1 saturated heterocycles. The third kappa shape index (κ3) is 1.89. The fourth-order valence-corrected chi connectivity index (χ4v) is 3.68. The van der Waals surface area contributed by atoms with E-state index >= 15 is 0 Å². The van der Waals surface area contributed by atoms with Crippen LogP contribution in [-0.2, 0) is 9.53 Å². The van der Waals surface area contributed by atoms with Gasteiger partial charge >= 0.3 is 0 Å². The number of aromatic nitrogens is 1. The molecule has 4 rings (SSSR count). The average molecular weight is 298 g/mol. The molecule has 2 aliphatic rings. The zero-order valence-electron chi connectivity index (χ0n) is 12.5. The van der Waals surface area contributed by atoms with Gasteiger partial charge in [0.1, 0.15) is 0 Å². The standard InChI is InChI=1S/C17H18N2O3/c1-10-15-12(17(21)19-5-7-22-8-6-19)9-14(20)11-3-2-4-13(18-10)16(11)15/h2-4,12,18H,5-9H2,1H3. The monoisotopic (exact) mass is 298 g/mol. The van der Waals surface area contributed by atoms with Crippen molar-refractivity contribution >= 4 is 22.6 Å². The Labute approximate surface area is 128 Å². The summed E-state index contributed by atoms with van der Waals surface area (Å²) in [6.45, 7) is 4.35. The number of ketones is 1. The summed E-state index contributed by atoms with van der Waals surface area (Å²) in [6, 6.07) is 5.71. The highest BCUT2D eigenvalue weighted by atomic mass is 16.5. The summed E-state index contributed by atoms with van der Waals surface area (Å²) in [6.07, 6.45) is 0.265. The van der Waals surface area contributed by atoms with Gasteiger partial charge in [0.25, 0.3) is 0 Å². The molecule has 1 aromatic heterocycles.